The molecule has 1 aromatic heterocycles. The number of aliphatic hydroxyl groups is 1. The lowest BCUT2D eigenvalue weighted by Crippen LogP contribution is -2.47. The van der Waals surface area contributed by atoms with Crippen LogP contribution in [0.3, 0.4) is 0 Å². The number of nitrogens with one attached hydrogen (secondary N) is 2. The Balaban J connectivity index is 1.05. The van der Waals surface area contributed by atoms with Gasteiger partial charge in [-0.05, 0) is 59.9 Å². The molecule has 1 aliphatic heterocycles. The number of aliphatic hydroxyl groups excluding tert-OH is 1. The first-order valence-electron chi connectivity index (χ1n) is 17.6. The highest BCUT2D eigenvalue weighted by atomic mass is 32.2. The zero-order valence-electron chi connectivity index (χ0n) is 29.3. The molecule has 10 nitrogen and oxygen atoms in total. The van der Waals surface area contributed by atoms with Crippen molar-refractivity contribution < 1.29 is 27.8 Å². The van der Waals surface area contributed by atoms with Gasteiger partial charge in [0.2, 0.25) is 15.9 Å². The Bertz CT molecular complexity index is 2240. The van der Waals surface area contributed by atoms with Gasteiger partial charge in [0, 0.05) is 18.5 Å². The molecule has 6 aromatic rings. The van der Waals surface area contributed by atoms with E-state index in [1.165, 1.54) is 12.1 Å². The monoisotopic (exact) mass is 730 g/mol. The summed E-state index contributed by atoms with van der Waals surface area (Å²) in [4.78, 5) is 18.2. The lowest BCUT2D eigenvalue weighted by Gasteiger charge is -2.36. The van der Waals surface area contributed by atoms with E-state index < -0.39 is 28.3 Å². The minimum Gasteiger partial charge on any atom is -0.392 e. The van der Waals surface area contributed by atoms with E-state index in [0.29, 0.717) is 13.0 Å². The highest BCUT2D eigenvalue weighted by molar-refractivity contribution is 7.89. The van der Waals surface area contributed by atoms with Crippen LogP contribution in [0.15, 0.2) is 139 Å². The van der Waals surface area contributed by atoms with Crippen molar-refractivity contribution in [2.75, 3.05) is 0 Å². The molecule has 0 bridgehead atoms. The van der Waals surface area contributed by atoms with Crippen LogP contribution in [0.4, 0.5) is 0 Å². The number of amides is 1. The first-order valence-corrected chi connectivity index (χ1v) is 19.1. The Hall–Kier alpha value is -5.17. The highest BCUT2D eigenvalue weighted by Gasteiger charge is 2.33. The molecule has 0 saturated carbocycles. The van der Waals surface area contributed by atoms with E-state index in [0.717, 1.165) is 44.4 Å². The molecule has 4 atom stereocenters. The minimum atomic E-state index is -3.96. The summed E-state index contributed by atoms with van der Waals surface area (Å²) in [7, 11) is -3.96. The number of para-hydroxylation sites is 2. The summed E-state index contributed by atoms with van der Waals surface area (Å²) >= 11 is 0. The number of hydrogen-bond donors (Lipinski definition) is 3. The maximum Gasteiger partial charge on any atom is 0.241 e. The summed E-state index contributed by atoms with van der Waals surface area (Å²) in [5.41, 5.74) is 7.20. The Morgan fingerprint density at radius 3 is 2.25 bits per heavy atom. The number of fused-ring (bicyclic) bond motifs is 1. The van der Waals surface area contributed by atoms with Crippen molar-refractivity contribution in [2.45, 2.75) is 68.9 Å². The molecule has 0 unspecified atom stereocenters. The van der Waals surface area contributed by atoms with Crippen LogP contribution >= 0.6 is 0 Å². The third-order valence-electron chi connectivity index (χ3n) is 9.49. The van der Waals surface area contributed by atoms with Gasteiger partial charge in [0.05, 0.1) is 47.6 Å². The molecule has 2 heterocycles. The Kier molecular flexibility index (Phi) is 11.1. The van der Waals surface area contributed by atoms with Gasteiger partial charge < -0.3 is 24.5 Å². The van der Waals surface area contributed by atoms with E-state index in [1.54, 1.807) is 12.1 Å². The molecule has 1 aliphatic rings. The van der Waals surface area contributed by atoms with Gasteiger partial charge in [0.25, 0.3) is 0 Å². The maximum atomic E-state index is 13.6. The average molecular weight is 731 g/mol. The van der Waals surface area contributed by atoms with Crippen LogP contribution < -0.4 is 10.0 Å². The fraction of sp³-hybridized carbons (Fsp3) is 0.238. The van der Waals surface area contributed by atoms with Gasteiger partial charge in [-0.3, -0.25) is 4.79 Å². The summed E-state index contributed by atoms with van der Waals surface area (Å²) in [5, 5.41) is 12.5. The molecule has 272 valence electrons. The van der Waals surface area contributed by atoms with Crippen LogP contribution in [-0.2, 0) is 50.4 Å². The molecule has 11 heteroatoms. The van der Waals surface area contributed by atoms with E-state index in [4.69, 9.17) is 9.47 Å². The average Bonchev–Trinajstić information content (AvgIpc) is 3.59. The molecule has 1 fully saturated rings. The van der Waals surface area contributed by atoms with Crippen LogP contribution in [-0.4, -0.2) is 41.1 Å². The van der Waals surface area contributed by atoms with E-state index in [1.807, 2.05) is 116 Å². The molecule has 1 saturated heterocycles. The number of rotatable bonds is 13. The van der Waals surface area contributed by atoms with Crippen molar-refractivity contribution in [2.24, 2.45) is 0 Å². The van der Waals surface area contributed by atoms with Crippen LogP contribution in [0.25, 0.3) is 11.0 Å². The fourth-order valence-corrected chi connectivity index (χ4v) is 7.72. The molecule has 0 aliphatic carbocycles. The van der Waals surface area contributed by atoms with Crippen molar-refractivity contribution in [3.05, 3.63) is 167 Å². The Morgan fingerprint density at radius 2 is 1.51 bits per heavy atom. The number of carbonyl (C=O) groups is 1. The molecular formula is C42H42N4O6S. The third kappa shape index (κ3) is 8.90. The molecule has 0 spiro atoms. The number of imidazole rings is 1. The Morgan fingerprint density at radius 1 is 0.830 bits per heavy atom. The van der Waals surface area contributed by atoms with Crippen molar-refractivity contribution in [1.82, 2.24) is 19.6 Å². The summed E-state index contributed by atoms with van der Waals surface area (Å²) in [6.07, 6.45) is 1.57. The first kappa shape index (κ1) is 36.2. The predicted molar refractivity (Wildman–Crippen MR) is 202 cm³/mol. The number of sulfonamides is 1. The zero-order valence-corrected chi connectivity index (χ0v) is 30.2. The van der Waals surface area contributed by atoms with Crippen LogP contribution in [0, 0.1) is 6.92 Å². The molecular weight excluding hydrogens is 689 g/mol. The second-order valence-electron chi connectivity index (χ2n) is 13.4. The summed E-state index contributed by atoms with van der Waals surface area (Å²) in [6, 6.07) is 38.3. The van der Waals surface area contributed by atoms with Crippen molar-refractivity contribution in [1.29, 1.82) is 0 Å². The number of aromatic nitrogens is 2. The maximum absolute atomic E-state index is 13.6. The summed E-state index contributed by atoms with van der Waals surface area (Å²) < 4.78 is 44.4. The second kappa shape index (κ2) is 16.2. The number of hydrogen-bond acceptors (Lipinski definition) is 7. The van der Waals surface area contributed by atoms with Crippen LogP contribution in [0.5, 0.6) is 0 Å². The largest absolute Gasteiger partial charge is 0.392 e. The Labute approximate surface area is 309 Å². The van der Waals surface area contributed by atoms with Gasteiger partial charge in [-0.15, -0.1) is 0 Å². The van der Waals surface area contributed by atoms with Gasteiger partial charge >= 0.3 is 0 Å². The van der Waals surface area contributed by atoms with Gasteiger partial charge in [0.1, 0.15) is 6.04 Å². The molecule has 1 amide bonds. The minimum absolute atomic E-state index is 0.0304. The number of nitrogens with zero attached hydrogens (tertiary/aromatic N) is 2. The lowest BCUT2D eigenvalue weighted by molar-refractivity contribution is -0.252. The summed E-state index contributed by atoms with van der Waals surface area (Å²) in [6.45, 7) is 2.64. The van der Waals surface area contributed by atoms with Gasteiger partial charge in [-0.1, -0.05) is 109 Å². The van der Waals surface area contributed by atoms with Crippen LogP contribution in [0.2, 0.25) is 0 Å². The first-order chi connectivity index (χ1) is 25.7. The standard InChI is InChI=1S/C42H42N4O6S/c1-29-11-21-36(22-12-29)53(49,50)45-38(23-30-7-3-2-4-8-30)41(48)43-25-31-13-19-34(20-14-31)42-51-35(26-46-28-44-37-9-5-6-10-39(37)46)24-40(52-42)33-17-15-32(27-47)16-18-33/h2-22,28,35,38,40,42,45,47H,23-27H2,1H3,(H,43,48)/t35-,38-,40+,42+/m1/s1. The third-order valence-corrected chi connectivity index (χ3v) is 11.0. The smallest absolute Gasteiger partial charge is 0.241 e. The van der Waals surface area contributed by atoms with Gasteiger partial charge in [0.15, 0.2) is 6.29 Å². The number of benzene rings is 5. The van der Waals surface area contributed by atoms with Crippen molar-refractivity contribution >= 4 is 27.0 Å². The van der Waals surface area contributed by atoms with E-state index in [-0.39, 0.29) is 36.7 Å². The van der Waals surface area contributed by atoms with Gasteiger partial charge in [-0.25, -0.2) is 13.4 Å². The van der Waals surface area contributed by atoms with E-state index >= 15 is 0 Å². The SMILES string of the molecule is Cc1ccc(S(=O)(=O)N[C@H](Cc2ccccc2)C(=O)NCc2ccc([C@H]3O[C@@H](Cn4cnc5ccccc54)C[C@@H](c4ccc(CO)cc4)O3)cc2)cc1. The van der Waals surface area contributed by atoms with Crippen molar-refractivity contribution in [3.8, 4) is 0 Å². The number of aryl methyl sites for hydroxylation is 1. The lowest BCUT2D eigenvalue weighted by atomic mass is 9.99. The fourth-order valence-electron chi connectivity index (χ4n) is 6.52. The molecule has 0 radical (unpaired) electrons. The molecule has 3 N–H and O–H groups in total. The predicted octanol–water partition coefficient (Wildman–Crippen LogP) is 6.29. The number of carbonyl (C=O) groups excluding carboxylic acids is 1. The molecule has 5 aromatic carbocycles. The van der Waals surface area contributed by atoms with Gasteiger partial charge in [-0.2, -0.15) is 4.72 Å². The molecule has 7 rings (SSSR count). The normalized spacial score (nSPS) is 18.1. The zero-order chi connectivity index (χ0) is 36.8. The van der Waals surface area contributed by atoms with Crippen LogP contribution in [0.1, 0.15) is 52.2 Å². The highest BCUT2D eigenvalue weighted by Crippen LogP contribution is 2.38. The van der Waals surface area contributed by atoms with Crippen molar-refractivity contribution in [3.63, 3.8) is 0 Å². The number of ether oxygens (including phenoxy) is 2. The summed E-state index contributed by atoms with van der Waals surface area (Å²) in [5.74, 6) is -0.433. The topological polar surface area (TPSA) is 132 Å². The molecule has 53 heavy (non-hydrogen) atoms. The quantitative estimate of drug-likeness (QED) is 0.127. The second-order valence-corrected chi connectivity index (χ2v) is 15.1. The van der Waals surface area contributed by atoms with E-state index in [2.05, 4.69) is 19.6 Å². The van der Waals surface area contributed by atoms with E-state index in [9.17, 15) is 18.3 Å².